The minimum Gasteiger partial charge on any atom is -0.339 e. The second kappa shape index (κ2) is 7.67. The number of amides is 1. The first-order chi connectivity index (χ1) is 13.2. The quantitative estimate of drug-likeness (QED) is 0.770. The van der Waals surface area contributed by atoms with Crippen molar-refractivity contribution in [3.8, 4) is 22.5 Å². The molecule has 1 aliphatic heterocycles. The summed E-state index contributed by atoms with van der Waals surface area (Å²) in [7, 11) is 0. The first-order valence-electron chi connectivity index (χ1n) is 8.92. The number of nitrogens with one attached hydrogen (secondary N) is 1. The number of benzene rings is 1. The summed E-state index contributed by atoms with van der Waals surface area (Å²) in [4.78, 5) is 23.2. The van der Waals surface area contributed by atoms with E-state index < -0.39 is 0 Å². The summed E-state index contributed by atoms with van der Waals surface area (Å²) in [6, 6.07) is 9.99. The van der Waals surface area contributed by atoms with Gasteiger partial charge in [0, 0.05) is 49.7 Å². The normalized spacial score (nSPS) is 14.3. The Kier molecular flexibility index (Phi) is 4.93. The molecule has 1 saturated heterocycles. The van der Waals surface area contributed by atoms with Crippen LogP contribution in [0.4, 0.5) is 4.39 Å². The topological polar surface area (TPSA) is 63.1 Å². The minimum atomic E-state index is -0.294. The molecule has 2 aromatic heterocycles. The summed E-state index contributed by atoms with van der Waals surface area (Å²) in [6.07, 6.45) is 5.09. The van der Waals surface area contributed by atoms with Crippen molar-refractivity contribution in [3.05, 3.63) is 60.9 Å². The van der Waals surface area contributed by atoms with Crippen LogP contribution in [0.1, 0.15) is 0 Å². The number of rotatable bonds is 4. The van der Waals surface area contributed by atoms with Crippen molar-refractivity contribution >= 4 is 5.91 Å². The maximum atomic E-state index is 13.3. The number of carbonyl (C=O) groups is 1. The van der Waals surface area contributed by atoms with Gasteiger partial charge in [0.2, 0.25) is 5.91 Å². The maximum Gasteiger partial charge on any atom is 0.242 e. The standard InChI is InChI=1S/C20H20FN5O/c21-17-3-1-15(2-4-17)19-20(16-5-7-22-8-6-16)26(14-24-19)13-18(27)25-11-9-23-10-12-25/h1-8,14,23H,9-13H2. The summed E-state index contributed by atoms with van der Waals surface area (Å²) < 4.78 is 15.2. The molecule has 0 atom stereocenters. The Balaban J connectivity index is 1.71. The van der Waals surface area contributed by atoms with Crippen molar-refractivity contribution in [1.82, 2.24) is 24.8 Å². The van der Waals surface area contributed by atoms with Gasteiger partial charge in [0.15, 0.2) is 0 Å². The van der Waals surface area contributed by atoms with Gasteiger partial charge >= 0.3 is 0 Å². The van der Waals surface area contributed by atoms with Gasteiger partial charge in [-0.3, -0.25) is 9.78 Å². The van der Waals surface area contributed by atoms with Crippen molar-refractivity contribution in [2.24, 2.45) is 0 Å². The van der Waals surface area contributed by atoms with Gasteiger partial charge in [0.1, 0.15) is 12.4 Å². The summed E-state index contributed by atoms with van der Waals surface area (Å²) >= 11 is 0. The molecule has 1 N–H and O–H groups in total. The number of imidazole rings is 1. The third-order valence-corrected chi connectivity index (χ3v) is 4.68. The van der Waals surface area contributed by atoms with Gasteiger partial charge in [0.25, 0.3) is 0 Å². The number of pyridine rings is 1. The lowest BCUT2D eigenvalue weighted by Crippen LogP contribution is -2.47. The Hall–Kier alpha value is -3.06. The number of carbonyl (C=O) groups excluding carboxylic acids is 1. The molecule has 4 rings (SSSR count). The highest BCUT2D eigenvalue weighted by Gasteiger charge is 2.20. The Bertz CT molecular complexity index is 917. The SMILES string of the molecule is O=C(Cn1cnc(-c2ccc(F)cc2)c1-c1ccncc1)N1CCNCC1. The van der Waals surface area contributed by atoms with Crippen LogP contribution in [0.5, 0.6) is 0 Å². The summed E-state index contributed by atoms with van der Waals surface area (Å²) in [5, 5.41) is 3.25. The van der Waals surface area contributed by atoms with Crippen LogP contribution in [0.25, 0.3) is 22.5 Å². The summed E-state index contributed by atoms with van der Waals surface area (Å²) in [5.41, 5.74) is 3.26. The molecule has 3 heterocycles. The van der Waals surface area contributed by atoms with Crippen LogP contribution >= 0.6 is 0 Å². The van der Waals surface area contributed by atoms with E-state index in [-0.39, 0.29) is 18.3 Å². The smallest absolute Gasteiger partial charge is 0.242 e. The van der Waals surface area contributed by atoms with E-state index in [0.717, 1.165) is 29.9 Å². The van der Waals surface area contributed by atoms with Gasteiger partial charge in [-0.25, -0.2) is 9.37 Å². The van der Waals surface area contributed by atoms with Crippen LogP contribution in [0.3, 0.4) is 0 Å². The van der Waals surface area contributed by atoms with E-state index in [2.05, 4.69) is 15.3 Å². The van der Waals surface area contributed by atoms with Crippen molar-refractivity contribution in [2.45, 2.75) is 6.54 Å². The van der Waals surface area contributed by atoms with Crippen molar-refractivity contribution < 1.29 is 9.18 Å². The Labute approximate surface area is 156 Å². The molecule has 3 aromatic rings. The highest BCUT2D eigenvalue weighted by molar-refractivity contribution is 5.81. The van der Waals surface area contributed by atoms with Gasteiger partial charge in [-0.2, -0.15) is 0 Å². The summed E-state index contributed by atoms with van der Waals surface area (Å²) in [6.45, 7) is 3.26. The van der Waals surface area contributed by atoms with Gasteiger partial charge in [-0.05, 0) is 36.4 Å². The third-order valence-electron chi connectivity index (χ3n) is 4.68. The second-order valence-electron chi connectivity index (χ2n) is 6.44. The van der Waals surface area contributed by atoms with Crippen LogP contribution in [0, 0.1) is 5.82 Å². The third kappa shape index (κ3) is 3.73. The molecule has 0 radical (unpaired) electrons. The predicted octanol–water partition coefficient (Wildman–Crippen LogP) is 2.18. The van der Waals surface area contributed by atoms with Gasteiger partial charge in [0.05, 0.1) is 17.7 Å². The van der Waals surface area contributed by atoms with E-state index in [0.29, 0.717) is 18.8 Å². The molecule has 0 bridgehead atoms. The average Bonchev–Trinajstić information content (AvgIpc) is 3.13. The van der Waals surface area contributed by atoms with Crippen LogP contribution in [0.2, 0.25) is 0 Å². The molecular weight excluding hydrogens is 345 g/mol. The molecule has 1 aliphatic rings. The number of aromatic nitrogens is 3. The fourth-order valence-electron chi connectivity index (χ4n) is 3.29. The zero-order valence-corrected chi connectivity index (χ0v) is 14.8. The first kappa shape index (κ1) is 17.4. The van der Waals surface area contributed by atoms with Gasteiger partial charge in [-0.15, -0.1) is 0 Å². The Morgan fingerprint density at radius 1 is 1.04 bits per heavy atom. The Morgan fingerprint density at radius 2 is 1.74 bits per heavy atom. The number of hydrogen-bond donors (Lipinski definition) is 1. The Morgan fingerprint density at radius 3 is 2.44 bits per heavy atom. The van der Waals surface area contributed by atoms with E-state index in [1.54, 1.807) is 30.9 Å². The molecule has 0 aliphatic carbocycles. The first-order valence-corrected chi connectivity index (χ1v) is 8.92. The molecule has 138 valence electrons. The molecule has 0 saturated carbocycles. The molecule has 7 heteroatoms. The average molecular weight is 365 g/mol. The van der Waals surface area contributed by atoms with Crippen LogP contribution in [-0.4, -0.2) is 51.5 Å². The largest absolute Gasteiger partial charge is 0.339 e. The highest BCUT2D eigenvalue weighted by atomic mass is 19.1. The zero-order valence-electron chi connectivity index (χ0n) is 14.8. The molecular formula is C20H20FN5O. The van der Waals surface area contributed by atoms with E-state index >= 15 is 0 Å². The van der Waals surface area contributed by atoms with Gasteiger partial charge in [-0.1, -0.05) is 0 Å². The fraction of sp³-hybridized carbons (Fsp3) is 0.250. The van der Waals surface area contributed by atoms with Gasteiger partial charge < -0.3 is 14.8 Å². The number of halogens is 1. The van der Waals surface area contributed by atoms with Crippen LogP contribution in [0.15, 0.2) is 55.1 Å². The lowest BCUT2D eigenvalue weighted by atomic mass is 10.1. The highest BCUT2D eigenvalue weighted by Crippen LogP contribution is 2.31. The fourth-order valence-corrected chi connectivity index (χ4v) is 3.29. The van der Waals surface area contributed by atoms with E-state index in [1.807, 2.05) is 21.6 Å². The zero-order chi connectivity index (χ0) is 18.6. The molecule has 1 fully saturated rings. The molecule has 0 unspecified atom stereocenters. The maximum absolute atomic E-state index is 13.3. The van der Waals surface area contributed by atoms with Crippen LogP contribution in [-0.2, 0) is 11.3 Å². The minimum absolute atomic E-state index is 0.0647. The van der Waals surface area contributed by atoms with E-state index in [9.17, 15) is 9.18 Å². The molecule has 6 nitrogen and oxygen atoms in total. The van der Waals surface area contributed by atoms with E-state index in [4.69, 9.17) is 0 Å². The predicted molar refractivity (Wildman–Crippen MR) is 100 cm³/mol. The monoisotopic (exact) mass is 365 g/mol. The number of hydrogen-bond acceptors (Lipinski definition) is 4. The molecule has 1 aromatic carbocycles. The lowest BCUT2D eigenvalue weighted by Gasteiger charge is -2.27. The van der Waals surface area contributed by atoms with Crippen molar-refractivity contribution in [2.75, 3.05) is 26.2 Å². The number of nitrogens with zero attached hydrogens (tertiary/aromatic N) is 4. The van der Waals surface area contributed by atoms with Crippen LogP contribution < -0.4 is 5.32 Å². The molecule has 0 spiro atoms. The van der Waals surface area contributed by atoms with Crippen molar-refractivity contribution in [1.29, 1.82) is 0 Å². The number of piperazine rings is 1. The van der Waals surface area contributed by atoms with Crippen molar-refractivity contribution in [3.63, 3.8) is 0 Å². The molecule has 27 heavy (non-hydrogen) atoms. The second-order valence-corrected chi connectivity index (χ2v) is 6.44. The lowest BCUT2D eigenvalue weighted by molar-refractivity contribution is -0.132. The summed E-state index contributed by atoms with van der Waals surface area (Å²) in [5.74, 6) is -0.229. The van der Waals surface area contributed by atoms with E-state index in [1.165, 1.54) is 12.1 Å². The molecule has 1 amide bonds.